The van der Waals surface area contributed by atoms with Crippen LogP contribution in [0.2, 0.25) is 0 Å². The van der Waals surface area contributed by atoms with E-state index < -0.39 is 29.6 Å². The van der Waals surface area contributed by atoms with Crippen molar-refractivity contribution in [2.75, 3.05) is 0 Å². The van der Waals surface area contributed by atoms with Gasteiger partial charge in [0.25, 0.3) is 0 Å². The van der Waals surface area contributed by atoms with Gasteiger partial charge in [0.1, 0.15) is 29.6 Å². The van der Waals surface area contributed by atoms with Crippen molar-refractivity contribution in [2.45, 2.75) is 0 Å². The van der Waals surface area contributed by atoms with Crippen molar-refractivity contribution < 1.29 is 142 Å². The van der Waals surface area contributed by atoms with Crippen LogP contribution >= 0.6 is 0 Å². The van der Waals surface area contributed by atoms with E-state index in [0.717, 1.165) is 0 Å². The van der Waals surface area contributed by atoms with Gasteiger partial charge in [-0.15, -0.1) is 0 Å². The van der Waals surface area contributed by atoms with Crippen LogP contribution in [0.5, 0.6) is 0 Å². The van der Waals surface area contributed by atoms with Crippen LogP contribution in [0.3, 0.4) is 0 Å². The molecule has 0 amide bonds. The summed E-state index contributed by atoms with van der Waals surface area (Å²) in [6, 6.07) is 0. The predicted molar refractivity (Wildman–Crippen MR) is 27.4 cm³/mol. The molecule has 0 rings (SSSR count). The van der Waals surface area contributed by atoms with Gasteiger partial charge in [0.2, 0.25) is 0 Å². The zero-order valence-electron chi connectivity index (χ0n) is 8.35. The summed E-state index contributed by atoms with van der Waals surface area (Å²) in [6.07, 6.45) is 0. The summed E-state index contributed by atoms with van der Waals surface area (Å²) in [5.74, 6) is 0. The molecule has 0 aliphatic rings. The number of rotatable bonds is 0. The monoisotopic (exact) mass is 1030 g/mol. The molecular formula is B4F4O8Pt4. The van der Waals surface area contributed by atoms with Crippen LogP contribution < -0.4 is 40.2 Å². The Morgan fingerprint density at radius 1 is 0.350 bits per heavy atom. The predicted octanol–water partition coefficient (Wildman–Crippen LogP) is -9.36. The van der Waals surface area contributed by atoms with Crippen LogP contribution in [0.15, 0.2) is 0 Å². The summed E-state index contributed by atoms with van der Waals surface area (Å²) in [7, 11) is -12.7. The number of halogens is 4. The zero-order chi connectivity index (χ0) is 14.3. The minimum Gasteiger partial charge on any atom is -0.867 e. The Hall–Kier alpha value is 2.41. The Bertz CT molecular complexity index is 81.5. The van der Waals surface area contributed by atoms with Gasteiger partial charge in [-0.05, 0) is 0 Å². The third-order valence-corrected chi connectivity index (χ3v) is 0. The molecule has 0 bridgehead atoms. The molecule has 0 spiro atoms. The molecular weight excluding hydrogens is 1030 g/mol. The number of hydrogen-bond acceptors (Lipinski definition) is 8. The molecule has 20 heavy (non-hydrogen) atoms. The average Bonchev–Trinajstić information content (AvgIpc) is 1.76. The van der Waals surface area contributed by atoms with Gasteiger partial charge in [0.05, 0.1) is 0 Å². The van der Waals surface area contributed by atoms with E-state index >= 15 is 0 Å². The van der Waals surface area contributed by atoms with Gasteiger partial charge in [-0.2, -0.15) is 0 Å². The number of hydrogen-bond donors (Lipinski definition) is 0. The van der Waals surface area contributed by atoms with Crippen LogP contribution in [-0.2, 0) is 84.3 Å². The Balaban J connectivity index is -0.0000000150. The minimum absolute atomic E-state index is 0. The molecule has 0 N–H and O–H groups in total. The molecule has 0 fully saturated rings. The second-order valence-electron chi connectivity index (χ2n) is 1.10. The molecule has 0 radical (unpaired) electrons. The van der Waals surface area contributed by atoms with Gasteiger partial charge in [0.15, 0.2) is 0 Å². The van der Waals surface area contributed by atoms with Gasteiger partial charge >= 0.3 is 84.3 Å². The Morgan fingerprint density at radius 3 is 0.350 bits per heavy atom. The average molecular weight is 1030 g/mol. The van der Waals surface area contributed by atoms with Gasteiger partial charge in [0, 0.05) is 0 Å². The fourth-order valence-corrected chi connectivity index (χ4v) is 0. The van der Waals surface area contributed by atoms with Crippen molar-refractivity contribution in [1.82, 2.24) is 0 Å². The van der Waals surface area contributed by atoms with E-state index in [-0.39, 0.29) is 84.3 Å². The summed E-state index contributed by atoms with van der Waals surface area (Å²) >= 11 is 0. The molecule has 8 nitrogen and oxygen atoms in total. The quantitative estimate of drug-likeness (QED) is 0.169. The second-order valence-corrected chi connectivity index (χ2v) is 1.10. The molecule has 20 heteroatoms. The van der Waals surface area contributed by atoms with Crippen LogP contribution in [0.4, 0.5) is 17.3 Å². The maximum atomic E-state index is 9.89. The summed E-state index contributed by atoms with van der Waals surface area (Å²) < 4.78 is 39.6. The van der Waals surface area contributed by atoms with Gasteiger partial charge in [-0.1, -0.05) is 0 Å². The zero-order valence-corrected chi connectivity index (χ0v) is 17.4. The van der Waals surface area contributed by atoms with Crippen molar-refractivity contribution >= 4 is 29.6 Å². The van der Waals surface area contributed by atoms with Crippen molar-refractivity contribution in [3.05, 3.63) is 0 Å². The summed E-state index contributed by atoms with van der Waals surface area (Å²) in [6.45, 7) is 0. The molecule has 0 atom stereocenters. The largest absolute Gasteiger partial charge is 2.00 e. The standard InChI is InChI=1S/4BFO2.4Pt/c4*2-1(3)4;;;;/q4*-2;4*+2. The Kier molecular flexibility index (Phi) is 106. The van der Waals surface area contributed by atoms with Crippen molar-refractivity contribution in [1.29, 1.82) is 0 Å². The molecule has 0 saturated carbocycles. The third kappa shape index (κ3) is 1320. The van der Waals surface area contributed by atoms with Crippen molar-refractivity contribution in [2.24, 2.45) is 0 Å². The van der Waals surface area contributed by atoms with Crippen molar-refractivity contribution in [3.8, 4) is 0 Å². The molecule has 0 aromatic heterocycles. The second kappa shape index (κ2) is 43.0. The van der Waals surface area contributed by atoms with E-state index in [1.807, 2.05) is 0 Å². The van der Waals surface area contributed by atoms with E-state index in [1.165, 1.54) is 0 Å². The van der Waals surface area contributed by atoms with Crippen LogP contribution in [0, 0.1) is 0 Å². The fourth-order valence-electron chi connectivity index (χ4n) is 0. The molecule has 0 aliphatic heterocycles. The van der Waals surface area contributed by atoms with Crippen LogP contribution in [-0.4, -0.2) is 29.6 Å². The minimum atomic E-state index is -3.17. The first-order chi connectivity index (χ1) is 6.93. The van der Waals surface area contributed by atoms with E-state index in [2.05, 4.69) is 0 Å². The smallest absolute Gasteiger partial charge is 0.867 e. The summed E-state index contributed by atoms with van der Waals surface area (Å²) in [5, 5.41) is 66.4. The van der Waals surface area contributed by atoms with Gasteiger partial charge in [-0.3, -0.25) is 0 Å². The maximum Gasteiger partial charge on any atom is 2.00 e. The van der Waals surface area contributed by atoms with Crippen LogP contribution in [0.25, 0.3) is 0 Å². The maximum absolute atomic E-state index is 9.89. The molecule has 0 aromatic carbocycles. The Morgan fingerprint density at radius 2 is 0.350 bits per heavy atom. The van der Waals surface area contributed by atoms with E-state index in [4.69, 9.17) is 40.2 Å². The normalized spacial score (nSPS) is 5.40. The first-order valence-corrected chi connectivity index (χ1v) is 2.76. The molecule has 0 aromatic rings. The molecule has 0 saturated heterocycles. The SMILES string of the molecule is [O-]B([O-])F.[O-]B([O-])F.[O-]B([O-])F.[O-]B([O-])F.[Pt+2].[Pt+2].[Pt+2].[Pt+2]. The van der Waals surface area contributed by atoms with Crippen LogP contribution in [0.1, 0.15) is 0 Å². The topological polar surface area (TPSA) is 184 Å². The molecule has 0 heterocycles. The van der Waals surface area contributed by atoms with E-state index in [0.29, 0.717) is 0 Å². The first-order valence-electron chi connectivity index (χ1n) is 2.76. The van der Waals surface area contributed by atoms with E-state index in [1.54, 1.807) is 0 Å². The molecule has 0 aliphatic carbocycles. The van der Waals surface area contributed by atoms with E-state index in [9.17, 15) is 17.3 Å². The third-order valence-electron chi connectivity index (χ3n) is 0. The summed E-state index contributed by atoms with van der Waals surface area (Å²) in [5.41, 5.74) is 0. The van der Waals surface area contributed by atoms with Gasteiger partial charge < -0.3 is 57.5 Å². The molecule has 0 unspecified atom stereocenters. The summed E-state index contributed by atoms with van der Waals surface area (Å²) in [4.78, 5) is 0. The molecule has 128 valence electrons. The first kappa shape index (κ1) is 49.5. The van der Waals surface area contributed by atoms with Gasteiger partial charge in [-0.25, -0.2) is 0 Å². The fraction of sp³-hybridized carbons (Fsp3) is 0. The van der Waals surface area contributed by atoms with Crippen molar-refractivity contribution in [3.63, 3.8) is 0 Å². The Labute approximate surface area is 170 Å².